The van der Waals surface area contributed by atoms with Gasteiger partial charge in [-0.05, 0) is 32.4 Å². The SMILES string of the molecule is CCCC(CN)N1CCC(C(F)(F)F)CC1. The zero-order valence-electron chi connectivity index (χ0n) is 9.76. The molecule has 1 aliphatic heterocycles. The molecular weight excluding hydrogens is 217 g/mol. The Kier molecular flexibility index (Phi) is 5.05. The second-order valence-electron chi connectivity index (χ2n) is 4.53. The summed E-state index contributed by atoms with van der Waals surface area (Å²) in [5.74, 6) is -1.11. The van der Waals surface area contributed by atoms with Gasteiger partial charge in [-0.3, -0.25) is 4.90 Å². The molecule has 1 aliphatic rings. The van der Waals surface area contributed by atoms with E-state index in [1.165, 1.54) is 0 Å². The van der Waals surface area contributed by atoms with Crippen LogP contribution >= 0.6 is 0 Å². The van der Waals surface area contributed by atoms with Gasteiger partial charge in [0, 0.05) is 12.6 Å². The first-order chi connectivity index (χ1) is 7.49. The van der Waals surface area contributed by atoms with Crippen molar-refractivity contribution in [2.24, 2.45) is 11.7 Å². The minimum Gasteiger partial charge on any atom is -0.329 e. The molecule has 1 atom stereocenters. The minimum atomic E-state index is -4.02. The molecule has 0 saturated carbocycles. The van der Waals surface area contributed by atoms with Gasteiger partial charge in [-0.1, -0.05) is 13.3 Å². The molecule has 0 radical (unpaired) electrons. The normalized spacial score (nSPS) is 22.3. The third kappa shape index (κ3) is 3.63. The van der Waals surface area contributed by atoms with E-state index < -0.39 is 12.1 Å². The van der Waals surface area contributed by atoms with Crippen LogP contribution in [0.15, 0.2) is 0 Å². The van der Waals surface area contributed by atoms with Crippen molar-refractivity contribution in [3.63, 3.8) is 0 Å². The van der Waals surface area contributed by atoms with Crippen LogP contribution in [-0.2, 0) is 0 Å². The zero-order valence-corrected chi connectivity index (χ0v) is 9.76. The Morgan fingerprint density at radius 2 is 1.88 bits per heavy atom. The molecule has 0 aromatic rings. The lowest BCUT2D eigenvalue weighted by molar-refractivity contribution is -0.186. The topological polar surface area (TPSA) is 29.3 Å². The van der Waals surface area contributed by atoms with Crippen molar-refractivity contribution in [1.82, 2.24) is 4.90 Å². The highest BCUT2D eigenvalue weighted by atomic mass is 19.4. The molecule has 1 heterocycles. The van der Waals surface area contributed by atoms with Crippen LogP contribution in [0, 0.1) is 5.92 Å². The molecule has 2 nitrogen and oxygen atoms in total. The van der Waals surface area contributed by atoms with E-state index in [1.807, 2.05) is 0 Å². The largest absolute Gasteiger partial charge is 0.391 e. The van der Waals surface area contributed by atoms with Crippen LogP contribution in [0.3, 0.4) is 0 Å². The highest BCUT2D eigenvalue weighted by Gasteiger charge is 2.41. The van der Waals surface area contributed by atoms with Crippen LogP contribution < -0.4 is 5.73 Å². The summed E-state index contributed by atoms with van der Waals surface area (Å²) in [5.41, 5.74) is 5.65. The number of hydrogen-bond donors (Lipinski definition) is 1. The van der Waals surface area contributed by atoms with Crippen molar-refractivity contribution in [2.45, 2.75) is 44.8 Å². The van der Waals surface area contributed by atoms with Crippen molar-refractivity contribution < 1.29 is 13.2 Å². The number of hydrogen-bond acceptors (Lipinski definition) is 2. The lowest BCUT2D eigenvalue weighted by Crippen LogP contribution is -2.47. The average molecular weight is 238 g/mol. The van der Waals surface area contributed by atoms with E-state index in [9.17, 15) is 13.2 Å². The summed E-state index contributed by atoms with van der Waals surface area (Å²) in [4.78, 5) is 2.12. The molecule has 1 rings (SSSR count). The number of alkyl halides is 3. The molecule has 0 bridgehead atoms. The Labute approximate surface area is 95.0 Å². The highest BCUT2D eigenvalue weighted by molar-refractivity contribution is 4.81. The summed E-state index contributed by atoms with van der Waals surface area (Å²) in [7, 11) is 0. The van der Waals surface area contributed by atoms with Crippen molar-refractivity contribution in [2.75, 3.05) is 19.6 Å². The zero-order chi connectivity index (χ0) is 12.2. The predicted octanol–water partition coefficient (Wildman–Crippen LogP) is 2.39. The molecule has 1 fully saturated rings. The molecule has 0 spiro atoms. The van der Waals surface area contributed by atoms with Crippen LogP contribution in [0.2, 0.25) is 0 Å². The third-order valence-electron chi connectivity index (χ3n) is 3.40. The summed E-state index contributed by atoms with van der Waals surface area (Å²) >= 11 is 0. The number of nitrogens with zero attached hydrogens (tertiary/aromatic N) is 1. The van der Waals surface area contributed by atoms with Gasteiger partial charge in [0.05, 0.1) is 5.92 Å². The summed E-state index contributed by atoms with van der Waals surface area (Å²) in [5, 5.41) is 0. The summed E-state index contributed by atoms with van der Waals surface area (Å²) in [6.07, 6.45) is -1.56. The Bertz CT molecular complexity index is 198. The fraction of sp³-hybridized carbons (Fsp3) is 1.00. The van der Waals surface area contributed by atoms with Crippen molar-refractivity contribution in [1.29, 1.82) is 0 Å². The smallest absolute Gasteiger partial charge is 0.329 e. The summed E-state index contributed by atoms with van der Waals surface area (Å²) < 4.78 is 37.4. The van der Waals surface area contributed by atoms with Crippen LogP contribution in [-0.4, -0.2) is 36.8 Å². The van der Waals surface area contributed by atoms with Gasteiger partial charge in [-0.15, -0.1) is 0 Å². The van der Waals surface area contributed by atoms with Gasteiger partial charge in [0.25, 0.3) is 0 Å². The van der Waals surface area contributed by atoms with Crippen LogP contribution in [0.25, 0.3) is 0 Å². The number of likely N-dealkylation sites (tertiary alicyclic amines) is 1. The monoisotopic (exact) mass is 238 g/mol. The van der Waals surface area contributed by atoms with E-state index in [-0.39, 0.29) is 18.9 Å². The third-order valence-corrected chi connectivity index (χ3v) is 3.40. The van der Waals surface area contributed by atoms with Crippen molar-refractivity contribution in [3.8, 4) is 0 Å². The number of nitrogens with two attached hydrogens (primary N) is 1. The lowest BCUT2D eigenvalue weighted by atomic mass is 9.94. The highest BCUT2D eigenvalue weighted by Crippen LogP contribution is 2.34. The average Bonchev–Trinajstić information content (AvgIpc) is 2.25. The number of piperidine rings is 1. The molecule has 96 valence electrons. The first kappa shape index (κ1) is 13.8. The Balaban J connectivity index is 2.41. The molecule has 1 unspecified atom stereocenters. The van der Waals surface area contributed by atoms with E-state index in [1.54, 1.807) is 0 Å². The van der Waals surface area contributed by atoms with E-state index in [4.69, 9.17) is 5.73 Å². The quantitative estimate of drug-likeness (QED) is 0.814. The fourth-order valence-electron chi connectivity index (χ4n) is 2.37. The molecule has 0 aliphatic carbocycles. The standard InChI is InChI=1S/C11H21F3N2/c1-2-3-10(8-15)16-6-4-9(5-7-16)11(12,13)14/h9-10H,2-8,15H2,1H3. The minimum absolute atomic E-state index is 0.226. The molecule has 5 heteroatoms. The number of rotatable bonds is 4. The first-order valence-electron chi connectivity index (χ1n) is 5.99. The van der Waals surface area contributed by atoms with Gasteiger partial charge in [0.2, 0.25) is 0 Å². The Hall–Kier alpha value is -0.290. The molecule has 2 N–H and O–H groups in total. The molecular formula is C11H21F3N2. The second-order valence-corrected chi connectivity index (χ2v) is 4.53. The first-order valence-corrected chi connectivity index (χ1v) is 5.99. The van der Waals surface area contributed by atoms with Gasteiger partial charge < -0.3 is 5.73 Å². The van der Waals surface area contributed by atoms with E-state index in [0.29, 0.717) is 19.6 Å². The Morgan fingerprint density at radius 1 is 1.31 bits per heavy atom. The fourth-order valence-corrected chi connectivity index (χ4v) is 2.37. The van der Waals surface area contributed by atoms with Gasteiger partial charge in [-0.2, -0.15) is 13.2 Å². The van der Waals surface area contributed by atoms with Gasteiger partial charge in [0.1, 0.15) is 0 Å². The molecule has 0 aromatic heterocycles. The van der Waals surface area contributed by atoms with E-state index >= 15 is 0 Å². The molecule has 1 saturated heterocycles. The maximum absolute atomic E-state index is 12.5. The van der Waals surface area contributed by atoms with E-state index in [2.05, 4.69) is 11.8 Å². The lowest BCUT2D eigenvalue weighted by Gasteiger charge is -2.37. The van der Waals surface area contributed by atoms with Gasteiger partial charge >= 0.3 is 6.18 Å². The van der Waals surface area contributed by atoms with E-state index in [0.717, 1.165) is 12.8 Å². The summed E-state index contributed by atoms with van der Waals surface area (Å²) in [6, 6.07) is 0.263. The molecule has 16 heavy (non-hydrogen) atoms. The van der Waals surface area contributed by atoms with Crippen LogP contribution in [0.4, 0.5) is 13.2 Å². The van der Waals surface area contributed by atoms with Gasteiger partial charge in [0.15, 0.2) is 0 Å². The van der Waals surface area contributed by atoms with Crippen molar-refractivity contribution >= 4 is 0 Å². The molecule has 0 amide bonds. The van der Waals surface area contributed by atoms with Gasteiger partial charge in [-0.25, -0.2) is 0 Å². The maximum Gasteiger partial charge on any atom is 0.391 e. The number of halogens is 3. The maximum atomic E-state index is 12.5. The summed E-state index contributed by atoms with van der Waals surface area (Å²) in [6.45, 7) is 3.69. The molecule has 0 aromatic carbocycles. The van der Waals surface area contributed by atoms with Crippen LogP contribution in [0.1, 0.15) is 32.6 Å². The second kappa shape index (κ2) is 5.87. The predicted molar refractivity (Wildman–Crippen MR) is 58.1 cm³/mol. The van der Waals surface area contributed by atoms with Crippen molar-refractivity contribution in [3.05, 3.63) is 0 Å². The van der Waals surface area contributed by atoms with Crippen LogP contribution in [0.5, 0.6) is 0 Å². The Morgan fingerprint density at radius 3 is 2.25 bits per heavy atom.